The first-order chi connectivity index (χ1) is 10.1. The quantitative estimate of drug-likeness (QED) is 0.651. The van der Waals surface area contributed by atoms with Crippen molar-refractivity contribution < 1.29 is 24.2 Å². The minimum Gasteiger partial charge on any atom is -0.481 e. The van der Waals surface area contributed by atoms with Crippen LogP contribution in [0.4, 0.5) is 0 Å². The molecule has 1 aliphatic rings. The van der Waals surface area contributed by atoms with Crippen molar-refractivity contribution in [3.63, 3.8) is 0 Å². The number of carbonyl (C=O) groups excluding carboxylic acids is 1. The number of rotatable bonds is 9. The van der Waals surface area contributed by atoms with E-state index in [0.29, 0.717) is 33.0 Å². The standard InChI is InChI=1S/C15H27NO5/c1-3-20-9-5-7-16(10-12(2)15(18)19)14(17)13-6-4-8-21-11-13/h12-13H,3-11H2,1-2H3,(H,18,19). The van der Waals surface area contributed by atoms with Gasteiger partial charge in [0, 0.05) is 32.9 Å². The second kappa shape index (κ2) is 9.73. The van der Waals surface area contributed by atoms with E-state index >= 15 is 0 Å². The van der Waals surface area contributed by atoms with Crippen LogP contribution in [0.1, 0.15) is 33.1 Å². The molecule has 1 saturated heterocycles. The van der Waals surface area contributed by atoms with Gasteiger partial charge in [0.25, 0.3) is 0 Å². The average molecular weight is 301 g/mol. The molecule has 1 N–H and O–H groups in total. The number of carbonyl (C=O) groups is 2. The van der Waals surface area contributed by atoms with Crippen LogP contribution in [-0.2, 0) is 19.1 Å². The van der Waals surface area contributed by atoms with Crippen molar-refractivity contribution in [1.29, 1.82) is 0 Å². The van der Waals surface area contributed by atoms with E-state index in [0.717, 1.165) is 19.3 Å². The van der Waals surface area contributed by atoms with E-state index in [9.17, 15) is 9.59 Å². The van der Waals surface area contributed by atoms with Gasteiger partial charge >= 0.3 is 5.97 Å². The number of ether oxygens (including phenoxy) is 2. The lowest BCUT2D eigenvalue weighted by atomic mass is 10.00. The van der Waals surface area contributed by atoms with Gasteiger partial charge in [-0.25, -0.2) is 0 Å². The van der Waals surface area contributed by atoms with Gasteiger partial charge < -0.3 is 19.5 Å². The Labute approximate surface area is 126 Å². The molecule has 6 heteroatoms. The molecular formula is C15H27NO5. The summed E-state index contributed by atoms with van der Waals surface area (Å²) in [7, 11) is 0. The van der Waals surface area contributed by atoms with E-state index in [4.69, 9.17) is 14.6 Å². The van der Waals surface area contributed by atoms with Crippen LogP contribution in [0.25, 0.3) is 0 Å². The van der Waals surface area contributed by atoms with Crippen LogP contribution in [0.2, 0.25) is 0 Å². The molecule has 0 radical (unpaired) electrons. The van der Waals surface area contributed by atoms with Gasteiger partial charge in [0.1, 0.15) is 0 Å². The third kappa shape index (κ3) is 6.44. The number of amides is 1. The fourth-order valence-corrected chi connectivity index (χ4v) is 2.40. The molecule has 1 heterocycles. The largest absolute Gasteiger partial charge is 0.481 e. The van der Waals surface area contributed by atoms with Crippen LogP contribution in [0, 0.1) is 11.8 Å². The highest BCUT2D eigenvalue weighted by Crippen LogP contribution is 2.17. The predicted molar refractivity (Wildman–Crippen MR) is 78.0 cm³/mol. The van der Waals surface area contributed by atoms with Crippen molar-refractivity contribution in [2.24, 2.45) is 11.8 Å². The molecule has 0 aromatic rings. The van der Waals surface area contributed by atoms with Gasteiger partial charge in [-0.15, -0.1) is 0 Å². The SMILES string of the molecule is CCOCCCN(CC(C)C(=O)O)C(=O)C1CCCOC1. The number of hydrogen-bond donors (Lipinski definition) is 1. The highest BCUT2D eigenvalue weighted by molar-refractivity contribution is 5.80. The van der Waals surface area contributed by atoms with E-state index < -0.39 is 11.9 Å². The van der Waals surface area contributed by atoms with Crippen LogP contribution in [0.15, 0.2) is 0 Å². The Morgan fingerprint density at radius 2 is 2.24 bits per heavy atom. The van der Waals surface area contributed by atoms with Gasteiger partial charge in [0.15, 0.2) is 0 Å². The molecule has 6 nitrogen and oxygen atoms in total. The van der Waals surface area contributed by atoms with E-state index in [2.05, 4.69) is 0 Å². The number of carboxylic acid groups (broad SMARTS) is 1. The Morgan fingerprint density at radius 1 is 1.48 bits per heavy atom. The lowest BCUT2D eigenvalue weighted by Gasteiger charge is -2.30. The smallest absolute Gasteiger partial charge is 0.308 e. The van der Waals surface area contributed by atoms with Crippen LogP contribution in [0.3, 0.4) is 0 Å². The summed E-state index contributed by atoms with van der Waals surface area (Å²) in [6.45, 7) is 6.72. The Bertz CT molecular complexity index is 328. The molecule has 0 saturated carbocycles. The fraction of sp³-hybridized carbons (Fsp3) is 0.867. The second-order valence-electron chi connectivity index (χ2n) is 5.49. The third-order valence-corrected chi connectivity index (χ3v) is 3.66. The van der Waals surface area contributed by atoms with E-state index in [1.807, 2.05) is 6.92 Å². The molecule has 2 atom stereocenters. The highest BCUT2D eigenvalue weighted by Gasteiger charge is 2.28. The van der Waals surface area contributed by atoms with Crippen molar-refractivity contribution in [3.05, 3.63) is 0 Å². The molecule has 0 aromatic carbocycles. The molecule has 0 bridgehead atoms. The van der Waals surface area contributed by atoms with Crippen molar-refractivity contribution in [2.75, 3.05) is 39.5 Å². The number of nitrogens with zero attached hydrogens (tertiary/aromatic N) is 1. The van der Waals surface area contributed by atoms with E-state index in [-0.39, 0.29) is 18.4 Å². The summed E-state index contributed by atoms with van der Waals surface area (Å²) in [4.78, 5) is 25.2. The van der Waals surface area contributed by atoms with Gasteiger partial charge in [-0.05, 0) is 26.2 Å². The van der Waals surface area contributed by atoms with Gasteiger partial charge in [-0.3, -0.25) is 9.59 Å². The maximum absolute atomic E-state index is 12.5. The van der Waals surface area contributed by atoms with Crippen LogP contribution >= 0.6 is 0 Å². The lowest BCUT2D eigenvalue weighted by molar-refractivity contribution is -0.145. The van der Waals surface area contributed by atoms with Crippen molar-refractivity contribution in [1.82, 2.24) is 4.90 Å². The van der Waals surface area contributed by atoms with Crippen molar-refractivity contribution in [3.8, 4) is 0 Å². The molecule has 0 spiro atoms. The van der Waals surface area contributed by atoms with Crippen LogP contribution < -0.4 is 0 Å². The Balaban J connectivity index is 2.55. The molecule has 21 heavy (non-hydrogen) atoms. The molecule has 0 aliphatic carbocycles. The van der Waals surface area contributed by atoms with Crippen LogP contribution in [0.5, 0.6) is 0 Å². The number of hydrogen-bond acceptors (Lipinski definition) is 4. The zero-order chi connectivity index (χ0) is 15.7. The summed E-state index contributed by atoms with van der Waals surface area (Å²) in [5.74, 6) is -1.56. The maximum Gasteiger partial charge on any atom is 0.308 e. The molecule has 1 amide bonds. The van der Waals surface area contributed by atoms with Crippen molar-refractivity contribution >= 4 is 11.9 Å². The van der Waals surface area contributed by atoms with Crippen LogP contribution in [-0.4, -0.2) is 61.4 Å². The third-order valence-electron chi connectivity index (χ3n) is 3.66. The second-order valence-corrected chi connectivity index (χ2v) is 5.49. The van der Waals surface area contributed by atoms with Gasteiger partial charge in [-0.1, -0.05) is 6.92 Å². The Kier molecular flexibility index (Phi) is 8.30. The zero-order valence-corrected chi connectivity index (χ0v) is 13.0. The molecule has 1 aliphatic heterocycles. The maximum atomic E-state index is 12.5. The minimum atomic E-state index is -0.877. The highest BCUT2D eigenvalue weighted by atomic mass is 16.5. The molecular weight excluding hydrogens is 274 g/mol. The van der Waals surface area contributed by atoms with E-state index in [1.54, 1.807) is 11.8 Å². The number of carboxylic acids is 1. The van der Waals surface area contributed by atoms with E-state index in [1.165, 1.54) is 0 Å². The lowest BCUT2D eigenvalue weighted by Crippen LogP contribution is -2.43. The van der Waals surface area contributed by atoms with Gasteiger partial charge in [-0.2, -0.15) is 0 Å². The first-order valence-corrected chi connectivity index (χ1v) is 7.73. The summed E-state index contributed by atoms with van der Waals surface area (Å²) < 4.78 is 10.6. The first kappa shape index (κ1) is 17.9. The molecule has 122 valence electrons. The Morgan fingerprint density at radius 3 is 2.81 bits per heavy atom. The summed E-state index contributed by atoms with van der Waals surface area (Å²) in [6.07, 6.45) is 2.43. The number of aliphatic carboxylic acids is 1. The van der Waals surface area contributed by atoms with Gasteiger partial charge in [0.2, 0.25) is 5.91 Å². The Hall–Kier alpha value is -1.14. The zero-order valence-electron chi connectivity index (χ0n) is 13.0. The normalized spacial score (nSPS) is 20.0. The topological polar surface area (TPSA) is 76.1 Å². The molecule has 0 aromatic heterocycles. The molecule has 1 fully saturated rings. The summed E-state index contributed by atoms with van der Waals surface area (Å²) in [5.41, 5.74) is 0. The summed E-state index contributed by atoms with van der Waals surface area (Å²) >= 11 is 0. The average Bonchev–Trinajstić information content (AvgIpc) is 2.50. The monoisotopic (exact) mass is 301 g/mol. The van der Waals surface area contributed by atoms with Gasteiger partial charge in [0.05, 0.1) is 18.4 Å². The van der Waals surface area contributed by atoms with Crippen molar-refractivity contribution in [2.45, 2.75) is 33.1 Å². The first-order valence-electron chi connectivity index (χ1n) is 7.73. The molecule has 1 rings (SSSR count). The molecule has 2 unspecified atom stereocenters. The fourth-order valence-electron chi connectivity index (χ4n) is 2.40. The summed E-state index contributed by atoms with van der Waals surface area (Å²) in [5, 5.41) is 9.05. The minimum absolute atomic E-state index is 0.0132. The predicted octanol–water partition coefficient (Wildman–Crippen LogP) is 1.39. The summed E-state index contributed by atoms with van der Waals surface area (Å²) in [6, 6.07) is 0.